The molecular formula is C14H8FN5S2. The SMILES string of the molecule is Fc1ccc2ncnc(Sc3n[nH]c(-c4cccs4)n3)c2c1. The van der Waals surface area contributed by atoms with Crippen molar-refractivity contribution in [1.82, 2.24) is 25.1 Å². The average molecular weight is 329 g/mol. The summed E-state index contributed by atoms with van der Waals surface area (Å²) in [6.45, 7) is 0. The molecule has 0 amide bonds. The van der Waals surface area contributed by atoms with Crippen molar-refractivity contribution in [2.45, 2.75) is 10.2 Å². The molecule has 0 fully saturated rings. The number of halogens is 1. The van der Waals surface area contributed by atoms with E-state index in [9.17, 15) is 4.39 Å². The molecule has 3 heterocycles. The number of hydrogen-bond acceptors (Lipinski definition) is 6. The number of benzene rings is 1. The molecule has 3 aromatic heterocycles. The third-order valence-corrected chi connectivity index (χ3v) is 4.73. The standard InChI is InChI=1S/C14H8FN5S2/c15-8-3-4-10-9(6-8)13(17-7-16-10)22-14-18-12(19-20-14)11-2-1-5-21-11/h1-7H,(H,18,19,20). The van der Waals surface area contributed by atoms with Crippen molar-refractivity contribution in [2.75, 3.05) is 0 Å². The van der Waals surface area contributed by atoms with Crippen molar-refractivity contribution >= 4 is 34.0 Å². The molecule has 0 unspecified atom stereocenters. The van der Waals surface area contributed by atoms with E-state index < -0.39 is 0 Å². The van der Waals surface area contributed by atoms with Crippen LogP contribution in [-0.2, 0) is 0 Å². The first kappa shape index (κ1) is 13.4. The Morgan fingerprint density at radius 2 is 2.14 bits per heavy atom. The quantitative estimate of drug-likeness (QED) is 0.580. The van der Waals surface area contributed by atoms with Crippen LogP contribution in [0.15, 0.2) is 52.2 Å². The molecule has 5 nitrogen and oxygen atoms in total. The maximum Gasteiger partial charge on any atom is 0.215 e. The number of thiophene rings is 1. The van der Waals surface area contributed by atoms with Gasteiger partial charge in [-0.2, -0.15) is 0 Å². The van der Waals surface area contributed by atoms with E-state index in [1.165, 1.54) is 30.2 Å². The molecule has 8 heteroatoms. The first-order valence-corrected chi connectivity index (χ1v) is 8.03. The summed E-state index contributed by atoms with van der Waals surface area (Å²) in [6.07, 6.45) is 1.45. The number of rotatable bonds is 3. The van der Waals surface area contributed by atoms with Gasteiger partial charge in [-0.3, -0.25) is 5.10 Å². The fraction of sp³-hybridized carbons (Fsp3) is 0. The number of nitrogens with one attached hydrogen (secondary N) is 1. The van der Waals surface area contributed by atoms with Crippen molar-refractivity contribution < 1.29 is 4.39 Å². The number of aromatic nitrogens is 5. The van der Waals surface area contributed by atoms with Crippen LogP contribution in [0.1, 0.15) is 0 Å². The summed E-state index contributed by atoms with van der Waals surface area (Å²) >= 11 is 2.86. The Hall–Kier alpha value is -2.32. The van der Waals surface area contributed by atoms with E-state index in [1.807, 2.05) is 17.5 Å². The lowest BCUT2D eigenvalue weighted by molar-refractivity contribution is 0.629. The highest BCUT2D eigenvalue weighted by Gasteiger charge is 2.12. The fourth-order valence-electron chi connectivity index (χ4n) is 1.99. The Morgan fingerprint density at radius 1 is 1.18 bits per heavy atom. The summed E-state index contributed by atoms with van der Waals surface area (Å²) in [5, 5.41) is 10.9. The van der Waals surface area contributed by atoms with Crippen LogP contribution in [0.2, 0.25) is 0 Å². The predicted octanol–water partition coefficient (Wildman–Crippen LogP) is 3.77. The number of nitrogens with zero attached hydrogens (tertiary/aromatic N) is 4. The van der Waals surface area contributed by atoms with Crippen molar-refractivity contribution in [1.29, 1.82) is 0 Å². The van der Waals surface area contributed by atoms with Crippen LogP contribution >= 0.6 is 23.1 Å². The summed E-state index contributed by atoms with van der Waals surface area (Å²) in [6, 6.07) is 8.35. The highest BCUT2D eigenvalue weighted by Crippen LogP contribution is 2.30. The van der Waals surface area contributed by atoms with Gasteiger partial charge in [-0.25, -0.2) is 19.3 Å². The van der Waals surface area contributed by atoms with Gasteiger partial charge in [0.1, 0.15) is 17.2 Å². The average Bonchev–Trinajstić information content (AvgIpc) is 3.18. The Bertz CT molecular complexity index is 935. The normalized spacial score (nSPS) is 11.1. The van der Waals surface area contributed by atoms with Gasteiger partial charge in [0, 0.05) is 5.39 Å². The molecule has 108 valence electrons. The van der Waals surface area contributed by atoms with Crippen molar-refractivity contribution in [3.63, 3.8) is 0 Å². The van der Waals surface area contributed by atoms with Gasteiger partial charge in [0.05, 0.1) is 10.4 Å². The van der Waals surface area contributed by atoms with Gasteiger partial charge in [0.25, 0.3) is 0 Å². The first-order valence-electron chi connectivity index (χ1n) is 6.34. The highest BCUT2D eigenvalue weighted by molar-refractivity contribution is 7.99. The third-order valence-electron chi connectivity index (χ3n) is 2.97. The van der Waals surface area contributed by atoms with Crippen LogP contribution < -0.4 is 0 Å². The lowest BCUT2D eigenvalue weighted by Crippen LogP contribution is -1.88. The second-order valence-corrected chi connectivity index (χ2v) is 6.29. The molecule has 0 saturated carbocycles. The van der Waals surface area contributed by atoms with E-state index in [4.69, 9.17) is 0 Å². The Kier molecular flexibility index (Phi) is 3.32. The molecule has 0 aliphatic heterocycles. The summed E-state index contributed by atoms with van der Waals surface area (Å²) in [7, 11) is 0. The number of aromatic amines is 1. The number of hydrogen-bond donors (Lipinski definition) is 1. The molecule has 0 bridgehead atoms. The summed E-state index contributed by atoms with van der Waals surface area (Å²) in [5.41, 5.74) is 0.688. The predicted molar refractivity (Wildman–Crippen MR) is 83.3 cm³/mol. The van der Waals surface area contributed by atoms with E-state index in [0.29, 0.717) is 26.9 Å². The molecule has 4 rings (SSSR count). The zero-order valence-electron chi connectivity index (χ0n) is 11.0. The van der Waals surface area contributed by atoms with Crippen molar-refractivity contribution in [3.05, 3.63) is 47.9 Å². The largest absolute Gasteiger partial charge is 0.257 e. The molecule has 4 aromatic rings. The Morgan fingerprint density at radius 3 is 3.00 bits per heavy atom. The molecule has 1 aromatic carbocycles. The maximum atomic E-state index is 13.4. The summed E-state index contributed by atoms with van der Waals surface area (Å²) in [4.78, 5) is 13.8. The lowest BCUT2D eigenvalue weighted by Gasteiger charge is -2.01. The Balaban J connectivity index is 1.71. The zero-order valence-corrected chi connectivity index (χ0v) is 12.7. The van der Waals surface area contributed by atoms with Gasteiger partial charge >= 0.3 is 0 Å². The van der Waals surface area contributed by atoms with E-state index >= 15 is 0 Å². The van der Waals surface area contributed by atoms with Crippen LogP contribution in [-0.4, -0.2) is 25.1 Å². The van der Waals surface area contributed by atoms with Gasteiger partial charge in [0.2, 0.25) is 5.16 Å². The second kappa shape index (κ2) is 5.47. The molecule has 0 aliphatic carbocycles. The van der Waals surface area contributed by atoms with Gasteiger partial charge in [-0.1, -0.05) is 6.07 Å². The van der Waals surface area contributed by atoms with E-state index in [1.54, 1.807) is 17.4 Å². The van der Waals surface area contributed by atoms with Gasteiger partial charge in [0.15, 0.2) is 5.82 Å². The molecule has 0 spiro atoms. The first-order chi connectivity index (χ1) is 10.8. The molecule has 22 heavy (non-hydrogen) atoms. The minimum atomic E-state index is -0.321. The number of H-pyrrole nitrogens is 1. The molecule has 0 saturated heterocycles. The second-order valence-electron chi connectivity index (χ2n) is 4.39. The van der Waals surface area contributed by atoms with Crippen LogP contribution in [0.4, 0.5) is 4.39 Å². The van der Waals surface area contributed by atoms with Crippen LogP contribution in [0.25, 0.3) is 21.6 Å². The highest BCUT2D eigenvalue weighted by atomic mass is 32.2. The van der Waals surface area contributed by atoms with E-state index in [2.05, 4.69) is 25.1 Å². The molecular weight excluding hydrogens is 321 g/mol. The van der Waals surface area contributed by atoms with Gasteiger partial charge in [-0.05, 0) is 41.4 Å². The molecule has 0 atom stereocenters. The summed E-state index contributed by atoms with van der Waals surface area (Å²) < 4.78 is 13.4. The molecule has 0 radical (unpaired) electrons. The van der Waals surface area contributed by atoms with Crippen LogP contribution in [0.5, 0.6) is 0 Å². The monoisotopic (exact) mass is 329 g/mol. The smallest absolute Gasteiger partial charge is 0.215 e. The van der Waals surface area contributed by atoms with Gasteiger partial charge in [-0.15, -0.1) is 16.4 Å². The minimum Gasteiger partial charge on any atom is -0.257 e. The fourth-order valence-corrected chi connectivity index (χ4v) is 3.43. The number of fused-ring (bicyclic) bond motifs is 1. The minimum absolute atomic E-state index is 0.321. The lowest BCUT2D eigenvalue weighted by atomic mass is 10.2. The van der Waals surface area contributed by atoms with Gasteiger partial charge < -0.3 is 0 Å². The maximum absolute atomic E-state index is 13.4. The molecule has 1 N–H and O–H groups in total. The third kappa shape index (κ3) is 2.46. The van der Waals surface area contributed by atoms with Crippen molar-refractivity contribution in [2.24, 2.45) is 0 Å². The van der Waals surface area contributed by atoms with Crippen LogP contribution in [0.3, 0.4) is 0 Å². The van der Waals surface area contributed by atoms with Crippen LogP contribution in [0, 0.1) is 5.82 Å². The summed E-state index contributed by atoms with van der Waals surface area (Å²) in [5.74, 6) is 0.389. The van der Waals surface area contributed by atoms with E-state index in [0.717, 1.165) is 4.88 Å². The van der Waals surface area contributed by atoms with E-state index in [-0.39, 0.29) is 5.82 Å². The zero-order chi connectivity index (χ0) is 14.9. The Labute approximate surface area is 132 Å². The topological polar surface area (TPSA) is 67.3 Å². The van der Waals surface area contributed by atoms with Crippen molar-refractivity contribution in [3.8, 4) is 10.7 Å². The molecule has 0 aliphatic rings.